The lowest BCUT2D eigenvalue weighted by atomic mass is 9.86. The van der Waals surface area contributed by atoms with Crippen LogP contribution in [-0.2, 0) is 9.53 Å². The number of esters is 1. The third-order valence-corrected chi connectivity index (χ3v) is 3.49. The van der Waals surface area contributed by atoms with Gasteiger partial charge in [0, 0.05) is 5.39 Å². The molecule has 1 heterocycles. The lowest BCUT2D eigenvalue weighted by molar-refractivity contribution is -0.163. The van der Waals surface area contributed by atoms with E-state index in [1.165, 1.54) is 16.8 Å². The fourth-order valence-electron chi connectivity index (χ4n) is 2.59. The van der Waals surface area contributed by atoms with Gasteiger partial charge in [-0.2, -0.15) is 10.4 Å². The topological polar surface area (TPSA) is 88.1 Å². The molecule has 0 fully saturated rings. The van der Waals surface area contributed by atoms with E-state index in [0.717, 1.165) is 0 Å². The number of rotatable bonds is 2. The molecular weight excluding hydrogens is 306 g/mol. The van der Waals surface area contributed by atoms with E-state index in [2.05, 4.69) is 5.10 Å². The van der Waals surface area contributed by atoms with Gasteiger partial charge in [-0.3, -0.25) is 0 Å². The van der Waals surface area contributed by atoms with Crippen LogP contribution >= 0.6 is 0 Å². The summed E-state index contributed by atoms with van der Waals surface area (Å²) in [5.41, 5.74) is -0.333. The fraction of sp³-hybridized carbons (Fsp3) is 0.500. The van der Waals surface area contributed by atoms with E-state index in [4.69, 9.17) is 4.74 Å². The third kappa shape index (κ3) is 3.51. The summed E-state index contributed by atoms with van der Waals surface area (Å²) < 4.78 is 7.09. The maximum Gasteiger partial charge on any atom is 0.332 e. The highest BCUT2D eigenvalue weighted by Gasteiger charge is 2.38. The first kappa shape index (κ1) is 17.8. The Kier molecular flexibility index (Phi) is 4.32. The van der Waals surface area contributed by atoms with Crippen molar-refractivity contribution in [3.8, 4) is 11.8 Å². The van der Waals surface area contributed by atoms with E-state index >= 15 is 0 Å². The largest absolute Gasteiger partial charge is 0.508 e. The Morgan fingerprint density at radius 1 is 1.29 bits per heavy atom. The van der Waals surface area contributed by atoms with Gasteiger partial charge in [0.1, 0.15) is 17.4 Å². The normalized spacial score (nSPS) is 13.5. The summed E-state index contributed by atoms with van der Waals surface area (Å²) in [5.74, 6) is -0.361. The quantitative estimate of drug-likeness (QED) is 0.851. The number of carbonyl (C=O) groups is 1. The highest BCUT2D eigenvalue weighted by Crippen LogP contribution is 2.36. The van der Waals surface area contributed by atoms with Gasteiger partial charge in [-0.05, 0) is 44.4 Å². The number of aromatic nitrogens is 2. The van der Waals surface area contributed by atoms with Crippen molar-refractivity contribution >= 4 is 16.9 Å². The molecule has 1 atom stereocenters. The number of nitrogens with zero attached hydrogens (tertiary/aromatic N) is 3. The van der Waals surface area contributed by atoms with E-state index < -0.39 is 23.0 Å². The first-order chi connectivity index (χ1) is 10.9. The number of fused-ring (bicyclic) bond motifs is 1. The number of ether oxygens (including phenoxy) is 1. The van der Waals surface area contributed by atoms with Crippen LogP contribution < -0.4 is 0 Å². The number of carbonyl (C=O) groups excluding carboxylic acids is 1. The van der Waals surface area contributed by atoms with Crippen molar-refractivity contribution in [2.75, 3.05) is 0 Å². The molecule has 6 nitrogen and oxygen atoms in total. The second kappa shape index (κ2) is 5.82. The predicted molar refractivity (Wildman–Crippen MR) is 90.4 cm³/mol. The van der Waals surface area contributed by atoms with Crippen molar-refractivity contribution in [2.45, 2.75) is 53.2 Å². The zero-order chi connectivity index (χ0) is 18.3. The molecule has 0 radical (unpaired) electrons. The molecule has 0 aliphatic carbocycles. The molecule has 1 aromatic heterocycles. The number of hydrogen-bond donors (Lipinski definition) is 1. The maximum absolute atomic E-state index is 12.8. The standard InChI is InChI=1S/C18H23N3O3/c1-17(2,3)15(16(23)24-18(4,5)6)21-14-8-7-11(22)9-12(14)13(10-19)20-21/h7-9,15,22H,1-6H3. The number of hydrogen-bond acceptors (Lipinski definition) is 5. The molecule has 6 heteroatoms. The first-order valence-electron chi connectivity index (χ1n) is 7.78. The second-order valence-electron chi connectivity index (χ2n) is 7.91. The average molecular weight is 329 g/mol. The summed E-state index contributed by atoms with van der Waals surface area (Å²) >= 11 is 0. The number of phenols is 1. The van der Waals surface area contributed by atoms with Gasteiger partial charge < -0.3 is 9.84 Å². The molecule has 0 saturated carbocycles. The highest BCUT2D eigenvalue weighted by atomic mass is 16.6. The molecule has 1 aromatic carbocycles. The molecule has 128 valence electrons. The molecule has 0 aliphatic heterocycles. The predicted octanol–water partition coefficient (Wildman–Crippen LogP) is 3.54. The van der Waals surface area contributed by atoms with Crippen LogP contribution in [-0.4, -0.2) is 26.5 Å². The highest BCUT2D eigenvalue weighted by molar-refractivity contribution is 5.87. The van der Waals surface area contributed by atoms with Crippen molar-refractivity contribution in [1.82, 2.24) is 9.78 Å². The Morgan fingerprint density at radius 2 is 1.92 bits per heavy atom. The van der Waals surface area contributed by atoms with Gasteiger partial charge in [0.2, 0.25) is 0 Å². The second-order valence-corrected chi connectivity index (χ2v) is 7.91. The van der Waals surface area contributed by atoms with E-state index in [1.54, 1.807) is 6.07 Å². The van der Waals surface area contributed by atoms with E-state index in [9.17, 15) is 15.2 Å². The minimum atomic E-state index is -0.703. The third-order valence-electron chi connectivity index (χ3n) is 3.49. The molecule has 1 unspecified atom stereocenters. The van der Waals surface area contributed by atoms with E-state index in [-0.39, 0.29) is 11.4 Å². The summed E-state index contributed by atoms with van der Waals surface area (Å²) in [7, 11) is 0. The summed E-state index contributed by atoms with van der Waals surface area (Å²) in [6.07, 6.45) is 0. The van der Waals surface area contributed by atoms with E-state index in [0.29, 0.717) is 10.9 Å². The van der Waals surface area contributed by atoms with E-state index in [1.807, 2.05) is 47.6 Å². The number of nitriles is 1. The van der Waals surface area contributed by atoms with Gasteiger partial charge in [-0.1, -0.05) is 20.8 Å². The Balaban J connectivity index is 2.66. The summed E-state index contributed by atoms with van der Waals surface area (Å²) in [6, 6.07) is 5.96. The molecule has 0 saturated heterocycles. The van der Waals surface area contributed by atoms with Gasteiger partial charge in [0.05, 0.1) is 5.52 Å². The van der Waals surface area contributed by atoms with Gasteiger partial charge >= 0.3 is 5.97 Å². The van der Waals surface area contributed by atoms with Crippen LogP contribution in [0.2, 0.25) is 0 Å². The van der Waals surface area contributed by atoms with Gasteiger partial charge in [0.15, 0.2) is 11.7 Å². The first-order valence-corrected chi connectivity index (χ1v) is 7.78. The number of phenolic OH excluding ortho intramolecular Hbond substituents is 1. The molecule has 1 N–H and O–H groups in total. The summed E-state index contributed by atoms with van der Waals surface area (Å²) in [6.45, 7) is 11.2. The van der Waals surface area contributed by atoms with Crippen molar-refractivity contribution in [1.29, 1.82) is 5.26 Å². The Hall–Kier alpha value is -2.55. The molecule has 24 heavy (non-hydrogen) atoms. The smallest absolute Gasteiger partial charge is 0.332 e. The van der Waals surface area contributed by atoms with Crippen molar-refractivity contribution in [2.24, 2.45) is 5.41 Å². The lowest BCUT2D eigenvalue weighted by Gasteiger charge is -2.32. The minimum Gasteiger partial charge on any atom is -0.508 e. The Labute approximate surface area is 141 Å². The van der Waals surface area contributed by atoms with Crippen LogP contribution in [0, 0.1) is 16.7 Å². The minimum absolute atomic E-state index is 0.0446. The van der Waals surface area contributed by atoms with Crippen molar-refractivity contribution < 1.29 is 14.6 Å². The monoisotopic (exact) mass is 329 g/mol. The molecule has 0 spiro atoms. The summed E-state index contributed by atoms with van der Waals surface area (Å²) in [4.78, 5) is 12.8. The molecule has 2 rings (SSSR count). The van der Waals surface area contributed by atoms with Gasteiger partial charge in [-0.25, -0.2) is 9.48 Å². The summed E-state index contributed by atoms with van der Waals surface area (Å²) in [5, 5.41) is 23.8. The number of benzene rings is 1. The van der Waals surface area contributed by atoms with Crippen LogP contribution in [0.1, 0.15) is 53.3 Å². The SMILES string of the molecule is CC(C)(C)OC(=O)C(n1nc(C#N)c2cc(O)ccc21)C(C)(C)C. The van der Waals surface area contributed by atoms with Crippen LogP contribution in [0.15, 0.2) is 18.2 Å². The van der Waals surface area contributed by atoms with Gasteiger partial charge in [0.25, 0.3) is 0 Å². The zero-order valence-corrected chi connectivity index (χ0v) is 14.9. The maximum atomic E-state index is 12.8. The molecule has 0 amide bonds. The molecule has 0 aliphatic rings. The van der Waals surface area contributed by atoms with Crippen molar-refractivity contribution in [3.05, 3.63) is 23.9 Å². The molecule has 0 bridgehead atoms. The van der Waals surface area contributed by atoms with Crippen LogP contribution in [0.3, 0.4) is 0 Å². The van der Waals surface area contributed by atoms with Crippen LogP contribution in [0.5, 0.6) is 5.75 Å². The van der Waals surface area contributed by atoms with Crippen molar-refractivity contribution in [3.63, 3.8) is 0 Å². The lowest BCUT2D eigenvalue weighted by Crippen LogP contribution is -2.37. The Morgan fingerprint density at radius 3 is 2.42 bits per heavy atom. The van der Waals surface area contributed by atoms with Gasteiger partial charge in [-0.15, -0.1) is 0 Å². The fourth-order valence-corrected chi connectivity index (χ4v) is 2.59. The Bertz CT molecular complexity index is 817. The van der Waals surface area contributed by atoms with Crippen LogP contribution in [0.25, 0.3) is 10.9 Å². The number of aromatic hydroxyl groups is 1. The van der Waals surface area contributed by atoms with Crippen LogP contribution in [0.4, 0.5) is 0 Å². The molecular formula is C18H23N3O3. The average Bonchev–Trinajstić information content (AvgIpc) is 2.72. The molecule has 2 aromatic rings. The zero-order valence-electron chi connectivity index (χ0n) is 14.9.